The normalized spacial score (nSPS) is 15.2. The maximum atomic E-state index is 5.70. The van der Waals surface area contributed by atoms with Gasteiger partial charge in [0.05, 0.1) is 6.61 Å². The maximum Gasteiger partial charge on any atom is 0.0641 e. The summed E-state index contributed by atoms with van der Waals surface area (Å²) in [5.74, 6) is 0.852. The van der Waals surface area contributed by atoms with Gasteiger partial charge in [-0.05, 0) is 57.2 Å². The summed E-state index contributed by atoms with van der Waals surface area (Å²) in [7, 11) is 2.13. The van der Waals surface area contributed by atoms with Gasteiger partial charge < -0.3 is 15.0 Å². The van der Waals surface area contributed by atoms with E-state index in [1.54, 1.807) is 0 Å². The molecule has 1 aliphatic carbocycles. The number of rotatable bonds is 8. The molecule has 1 aromatic carbocycles. The summed E-state index contributed by atoms with van der Waals surface area (Å²) in [5.41, 5.74) is 2.74. The Kier molecular flexibility index (Phi) is 5.65. The Balaban J connectivity index is 1.71. The fourth-order valence-electron chi connectivity index (χ4n) is 2.10. The predicted molar refractivity (Wildman–Crippen MR) is 89.8 cm³/mol. The van der Waals surface area contributed by atoms with Crippen LogP contribution >= 0.6 is 0 Å². The third kappa shape index (κ3) is 6.49. The van der Waals surface area contributed by atoms with Crippen LogP contribution in [-0.4, -0.2) is 32.3 Å². The van der Waals surface area contributed by atoms with Crippen molar-refractivity contribution in [3.05, 3.63) is 29.8 Å². The lowest BCUT2D eigenvalue weighted by atomic mass is 10.1. The van der Waals surface area contributed by atoms with Crippen molar-refractivity contribution in [3.63, 3.8) is 0 Å². The number of benzene rings is 1. The van der Waals surface area contributed by atoms with Gasteiger partial charge in [-0.3, -0.25) is 0 Å². The molecule has 0 unspecified atom stereocenters. The highest BCUT2D eigenvalue weighted by Gasteiger charge is 2.20. The number of nitrogens with zero attached hydrogens (tertiary/aromatic N) is 1. The first-order chi connectivity index (χ1) is 9.94. The van der Waals surface area contributed by atoms with Crippen LogP contribution in [0.15, 0.2) is 24.3 Å². The molecule has 118 valence electrons. The van der Waals surface area contributed by atoms with Crippen LogP contribution in [0.4, 0.5) is 5.69 Å². The van der Waals surface area contributed by atoms with Gasteiger partial charge in [0.1, 0.15) is 0 Å². The van der Waals surface area contributed by atoms with Crippen molar-refractivity contribution in [3.8, 4) is 0 Å². The van der Waals surface area contributed by atoms with Crippen LogP contribution in [0.1, 0.15) is 39.2 Å². The van der Waals surface area contributed by atoms with E-state index in [9.17, 15) is 0 Å². The lowest BCUT2D eigenvalue weighted by molar-refractivity contribution is 0.131. The Hall–Kier alpha value is -1.06. The Labute approximate surface area is 129 Å². The SMILES string of the molecule is CN(CCOCC1CC1)c1ccc(CNC(C)(C)C)cc1. The summed E-state index contributed by atoms with van der Waals surface area (Å²) in [6.07, 6.45) is 2.72. The van der Waals surface area contributed by atoms with Crippen LogP contribution < -0.4 is 10.2 Å². The van der Waals surface area contributed by atoms with Crippen molar-refractivity contribution < 1.29 is 4.74 Å². The highest BCUT2D eigenvalue weighted by atomic mass is 16.5. The summed E-state index contributed by atoms with van der Waals surface area (Å²) < 4.78 is 5.70. The molecule has 2 rings (SSSR count). The number of anilines is 1. The smallest absolute Gasteiger partial charge is 0.0641 e. The van der Waals surface area contributed by atoms with Gasteiger partial charge in [0, 0.05) is 38.0 Å². The van der Waals surface area contributed by atoms with Gasteiger partial charge in [0.2, 0.25) is 0 Å². The average Bonchev–Trinajstić information content (AvgIpc) is 3.25. The Morgan fingerprint density at radius 2 is 1.86 bits per heavy atom. The maximum absolute atomic E-state index is 5.70. The molecule has 0 radical (unpaired) electrons. The molecule has 0 amide bonds. The second-order valence-corrected chi connectivity index (χ2v) is 7.21. The zero-order chi connectivity index (χ0) is 15.3. The molecular weight excluding hydrogens is 260 g/mol. The van der Waals surface area contributed by atoms with Crippen LogP contribution in [0.5, 0.6) is 0 Å². The number of ether oxygens (including phenoxy) is 1. The lowest BCUT2D eigenvalue weighted by Gasteiger charge is -2.22. The molecule has 1 aliphatic rings. The minimum Gasteiger partial charge on any atom is -0.379 e. The molecule has 1 aromatic rings. The van der Waals surface area contributed by atoms with Gasteiger partial charge in [-0.15, -0.1) is 0 Å². The van der Waals surface area contributed by atoms with Crippen LogP contribution in [0.25, 0.3) is 0 Å². The quantitative estimate of drug-likeness (QED) is 0.742. The largest absolute Gasteiger partial charge is 0.379 e. The molecular formula is C18H30N2O. The summed E-state index contributed by atoms with van der Waals surface area (Å²) in [6.45, 7) is 10.2. The second-order valence-electron chi connectivity index (χ2n) is 7.21. The van der Waals surface area contributed by atoms with Crippen molar-refractivity contribution in [1.29, 1.82) is 0 Å². The first kappa shape index (κ1) is 16.3. The van der Waals surface area contributed by atoms with E-state index in [0.717, 1.165) is 32.2 Å². The molecule has 0 aliphatic heterocycles. The van der Waals surface area contributed by atoms with Gasteiger partial charge >= 0.3 is 0 Å². The van der Waals surface area contributed by atoms with Gasteiger partial charge in [0.25, 0.3) is 0 Å². The minimum absolute atomic E-state index is 0.161. The van der Waals surface area contributed by atoms with Crippen molar-refractivity contribution in [1.82, 2.24) is 5.32 Å². The highest BCUT2D eigenvalue weighted by molar-refractivity contribution is 5.46. The van der Waals surface area contributed by atoms with Gasteiger partial charge in [-0.25, -0.2) is 0 Å². The lowest BCUT2D eigenvalue weighted by Crippen LogP contribution is -2.35. The predicted octanol–water partition coefficient (Wildman–Crippen LogP) is 3.44. The fraction of sp³-hybridized carbons (Fsp3) is 0.667. The number of hydrogen-bond acceptors (Lipinski definition) is 3. The molecule has 0 atom stereocenters. The van der Waals surface area contributed by atoms with Crippen LogP contribution in [-0.2, 0) is 11.3 Å². The van der Waals surface area contributed by atoms with E-state index in [4.69, 9.17) is 4.74 Å². The first-order valence-electron chi connectivity index (χ1n) is 8.07. The van der Waals surface area contributed by atoms with Gasteiger partial charge in [-0.2, -0.15) is 0 Å². The molecule has 3 nitrogen and oxygen atoms in total. The van der Waals surface area contributed by atoms with Crippen molar-refractivity contribution in [2.75, 3.05) is 31.7 Å². The molecule has 0 bridgehead atoms. The molecule has 1 fully saturated rings. The van der Waals surface area contributed by atoms with E-state index in [0.29, 0.717) is 0 Å². The van der Waals surface area contributed by atoms with Crippen molar-refractivity contribution in [2.24, 2.45) is 5.92 Å². The molecule has 1 saturated carbocycles. The van der Waals surface area contributed by atoms with E-state index in [1.807, 2.05) is 0 Å². The van der Waals surface area contributed by atoms with Crippen LogP contribution in [0.2, 0.25) is 0 Å². The number of likely N-dealkylation sites (N-methyl/N-ethyl adjacent to an activating group) is 1. The third-order valence-electron chi connectivity index (χ3n) is 3.82. The summed E-state index contributed by atoms with van der Waals surface area (Å²) >= 11 is 0. The zero-order valence-corrected chi connectivity index (χ0v) is 14.0. The van der Waals surface area contributed by atoms with Crippen molar-refractivity contribution >= 4 is 5.69 Å². The highest BCUT2D eigenvalue weighted by Crippen LogP contribution is 2.28. The summed E-state index contributed by atoms with van der Waals surface area (Å²) in [6, 6.07) is 8.80. The molecule has 3 heteroatoms. The van der Waals surface area contributed by atoms with E-state index in [2.05, 4.69) is 62.3 Å². The average molecular weight is 290 g/mol. The molecule has 1 N–H and O–H groups in total. The van der Waals surface area contributed by atoms with Crippen LogP contribution in [0.3, 0.4) is 0 Å². The fourth-order valence-corrected chi connectivity index (χ4v) is 2.10. The monoisotopic (exact) mass is 290 g/mol. The number of nitrogens with one attached hydrogen (secondary N) is 1. The molecule has 21 heavy (non-hydrogen) atoms. The van der Waals surface area contributed by atoms with Gasteiger partial charge in [-0.1, -0.05) is 12.1 Å². The first-order valence-corrected chi connectivity index (χ1v) is 8.07. The zero-order valence-electron chi connectivity index (χ0n) is 14.0. The van der Waals surface area contributed by atoms with Crippen LogP contribution in [0, 0.1) is 5.92 Å². The van der Waals surface area contributed by atoms with Gasteiger partial charge in [0.15, 0.2) is 0 Å². The summed E-state index contributed by atoms with van der Waals surface area (Å²) in [4.78, 5) is 2.26. The standard InChI is InChI=1S/C18H30N2O/c1-18(2,3)19-13-15-7-9-17(10-8-15)20(4)11-12-21-14-16-5-6-16/h7-10,16,19H,5-6,11-14H2,1-4H3. The van der Waals surface area contributed by atoms with E-state index >= 15 is 0 Å². The molecule has 0 spiro atoms. The van der Waals surface area contributed by atoms with E-state index in [1.165, 1.54) is 24.1 Å². The minimum atomic E-state index is 0.161. The van der Waals surface area contributed by atoms with Crippen molar-refractivity contribution in [2.45, 2.75) is 45.7 Å². The molecule has 0 saturated heterocycles. The Morgan fingerprint density at radius 1 is 1.19 bits per heavy atom. The third-order valence-corrected chi connectivity index (χ3v) is 3.82. The topological polar surface area (TPSA) is 24.5 Å². The Bertz CT molecular complexity index is 418. The molecule has 0 heterocycles. The van der Waals surface area contributed by atoms with E-state index in [-0.39, 0.29) is 5.54 Å². The summed E-state index contributed by atoms with van der Waals surface area (Å²) in [5, 5.41) is 3.51. The second kappa shape index (κ2) is 7.28. The molecule has 0 aromatic heterocycles. The van der Waals surface area contributed by atoms with E-state index < -0.39 is 0 Å². The Morgan fingerprint density at radius 3 is 2.43 bits per heavy atom. The number of hydrogen-bond donors (Lipinski definition) is 1.